The highest BCUT2D eigenvalue weighted by Crippen LogP contribution is 2.67. The lowest BCUT2D eigenvalue weighted by atomic mass is 9.49. The van der Waals surface area contributed by atoms with E-state index in [4.69, 9.17) is 4.74 Å². The molecule has 0 unspecified atom stereocenters. The molecule has 4 N–H and O–H groups in total. The Morgan fingerprint density at radius 2 is 2.00 bits per heavy atom. The minimum atomic E-state index is -0.931. The lowest BCUT2D eigenvalue weighted by Crippen LogP contribution is -2.73. The van der Waals surface area contributed by atoms with Crippen LogP contribution in [-0.4, -0.2) is 33.4 Å². The molecule has 1 aromatic heterocycles. The Morgan fingerprint density at radius 1 is 1.14 bits per heavy atom. The fourth-order valence-electron chi connectivity index (χ4n) is 6.53. The van der Waals surface area contributed by atoms with Crippen LogP contribution < -0.4 is 10.1 Å². The number of piperidine rings is 1. The molecular formula is C22H21ClN2O3. The minimum Gasteiger partial charge on any atom is -0.504 e. The summed E-state index contributed by atoms with van der Waals surface area (Å²) < 4.78 is 6.46. The van der Waals surface area contributed by atoms with Crippen LogP contribution in [0.3, 0.4) is 0 Å². The van der Waals surface area contributed by atoms with Crippen molar-refractivity contribution >= 4 is 23.3 Å². The largest absolute Gasteiger partial charge is 0.504 e. The molecule has 0 saturated carbocycles. The molecule has 5 nitrogen and oxygen atoms in total. The lowest BCUT2D eigenvalue weighted by molar-refractivity contribution is -0.134. The second kappa shape index (κ2) is 5.03. The number of nitrogens with one attached hydrogen (secondary N) is 2. The summed E-state index contributed by atoms with van der Waals surface area (Å²) in [5, 5.41) is 27.5. The molecule has 28 heavy (non-hydrogen) atoms. The van der Waals surface area contributed by atoms with E-state index in [0.29, 0.717) is 12.2 Å². The number of aromatic hydroxyl groups is 1. The maximum absolute atomic E-state index is 12.2. The summed E-state index contributed by atoms with van der Waals surface area (Å²) >= 11 is 0. The summed E-state index contributed by atoms with van der Waals surface area (Å²) in [4.78, 5) is 3.58. The highest BCUT2D eigenvalue weighted by Gasteiger charge is 2.71. The standard InChI is InChI=1S/C22H20N2O3.ClH/c25-15-6-5-11-9-16-22(26)10-13-12-3-1-2-4-14(12)24-18(13)20-21(22,7-8-23-16)17(11)19(15)27-20;/h1-6,16,20,23-26H,7-10H2;1H/t16-,20-,21-,22+;/m0./s1. The van der Waals surface area contributed by atoms with Crippen LogP contribution in [0.15, 0.2) is 36.4 Å². The molecule has 0 amide bonds. The van der Waals surface area contributed by atoms with Gasteiger partial charge in [-0.15, -0.1) is 12.4 Å². The minimum absolute atomic E-state index is 0. The molecular weight excluding hydrogens is 376 g/mol. The van der Waals surface area contributed by atoms with E-state index < -0.39 is 11.0 Å². The molecule has 2 aromatic carbocycles. The molecule has 144 valence electrons. The third-order valence-corrected chi connectivity index (χ3v) is 7.59. The molecule has 7 rings (SSSR count). The zero-order chi connectivity index (χ0) is 18.0. The van der Waals surface area contributed by atoms with Gasteiger partial charge in [-0.3, -0.25) is 0 Å². The molecule has 2 aliphatic heterocycles. The Kier molecular flexibility index (Phi) is 3.01. The van der Waals surface area contributed by atoms with Crippen LogP contribution in [0.4, 0.5) is 0 Å². The maximum Gasteiger partial charge on any atom is 0.166 e. The molecule has 3 aromatic rings. The number of aromatic nitrogens is 1. The first-order valence-electron chi connectivity index (χ1n) is 9.71. The first-order valence-corrected chi connectivity index (χ1v) is 9.71. The summed E-state index contributed by atoms with van der Waals surface area (Å²) in [5.41, 5.74) is 4.07. The van der Waals surface area contributed by atoms with Gasteiger partial charge in [0.1, 0.15) is 0 Å². The van der Waals surface area contributed by atoms with Crippen molar-refractivity contribution < 1.29 is 14.9 Å². The lowest BCUT2D eigenvalue weighted by Gasteiger charge is -2.59. The van der Waals surface area contributed by atoms with Gasteiger partial charge in [-0.25, -0.2) is 0 Å². The third kappa shape index (κ3) is 1.57. The van der Waals surface area contributed by atoms with Crippen LogP contribution in [0.1, 0.15) is 34.9 Å². The number of aliphatic hydroxyl groups is 1. The van der Waals surface area contributed by atoms with Crippen molar-refractivity contribution in [1.82, 2.24) is 10.3 Å². The third-order valence-electron chi connectivity index (χ3n) is 7.59. The molecule has 3 heterocycles. The number of phenols is 1. The number of hydrogen-bond acceptors (Lipinski definition) is 4. The molecule has 1 spiro atoms. The average Bonchev–Trinajstić information content (AvgIpc) is 3.18. The predicted molar refractivity (Wildman–Crippen MR) is 107 cm³/mol. The van der Waals surface area contributed by atoms with E-state index >= 15 is 0 Å². The van der Waals surface area contributed by atoms with E-state index in [1.807, 2.05) is 18.2 Å². The van der Waals surface area contributed by atoms with Crippen molar-refractivity contribution in [2.75, 3.05) is 6.54 Å². The first-order chi connectivity index (χ1) is 13.1. The maximum atomic E-state index is 12.2. The van der Waals surface area contributed by atoms with Crippen LogP contribution in [0.2, 0.25) is 0 Å². The molecule has 2 aliphatic carbocycles. The Morgan fingerprint density at radius 3 is 2.89 bits per heavy atom. The number of aromatic amines is 1. The molecule has 6 heteroatoms. The summed E-state index contributed by atoms with van der Waals surface area (Å²) in [6, 6.07) is 12.0. The summed E-state index contributed by atoms with van der Waals surface area (Å²) in [7, 11) is 0. The predicted octanol–water partition coefficient (Wildman–Crippen LogP) is 2.87. The Balaban J connectivity index is 0.00000156. The first kappa shape index (κ1) is 16.7. The molecule has 4 aliphatic rings. The summed E-state index contributed by atoms with van der Waals surface area (Å²) in [6.07, 6.45) is 1.85. The van der Waals surface area contributed by atoms with Crippen LogP contribution >= 0.6 is 12.4 Å². The number of benzene rings is 2. The van der Waals surface area contributed by atoms with Crippen molar-refractivity contribution in [3.63, 3.8) is 0 Å². The Labute approximate surface area is 168 Å². The Hall–Kier alpha value is -2.21. The Bertz CT molecular complexity index is 1160. The number of halogens is 1. The van der Waals surface area contributed by atoms with Gasteiger partial charge in [0.15, 0.2) is 17.6 Å². The zero-order valence-electron chi connectivity index (χ0n) is 15.2. The highest BCUT2D eigenvalue weighted by molar-refractivity contribution is 5.86. The second-order valence-electron chi connectivity index (χ2n) is 8.54. The number of ether oxygens (including phenoxy) is 1. The number of para-hydroxylation sites is 1. The topological polar surface area (TPSA) is 77.5 Å². The van der Waals surface area contributed by atoms with E-state index in [9.17, 15) is 10.2 Å². The van der Waals surface area contributed by atoms with E-state index in [-0.39, 0.29) is 30.3 Å². The van der Waals surface area contributed by atoms with E-state index in [1.54, 1.807) is 6.07 Å². The number of rotatable bonds is 0. The monoisotopic (exact) mass is 396 g/mol. The van der Waals surface area contributed by atoms with Crippen LogP contribution in [0.25, 0.3) is 10.9 Å². The second-order valence-corrected chi connectivity index (χ2v) is 8.54. The zero-order valence-corrected chi connectivity index (χ0v) is 16.0. The van der Waals surface area contributed by atoms with Gasteiger partial charge in [0, 0.05) is 28.9 Å². The average molecular weight is 397 g/mol. The van der Waals surface area contributed by atoms with Crippen molar-refractivity contribution in [1.29, 1.82) is 0 Å². The van der Waals surface area contributed by atoms with Gasteiger partial charge in [0.25, 0.3) is 0 Å². The van der Waals surface area contributed by atoms with Crippen LogP contribution in [0, 0.1) is 0 Å². The quantitative estimate of drug-likeness (QED) is 0.471. The summed E-state index contributed by atoms with van der Waals surface area (Å²) in [5.74, 6) is 0.747. The number of hydrogen-bond donors (Lipinski definition) is 4. The molecule has 1 saturated heterocycles. The number of fused-ring (bicyclic) bond motifs is 4. The molecule has 1 fully saturated rings. The molecule has 0 radical (unpaired) electrons. The SMILES string of the molecule is Cl.Oc1ccc2c3c1O[C@H]1c4[nH]c5ccccc5c4C[C@@]4(O)[C@H](C2)NCC[C@]314. The van der Waals surface area contributed by atoms with Gasteiger partial charge >= 0.3 is 0 Å². The van der Waals surface area contributed by atoms with Crippen molar-refractivity contribution in [3.8, 4) is 11.5 Å². The van der Waals surface area contributed by atoms with Crippen LogP contribution in [-0.2, 0) is 18.3 Å². The van der Waals surface area contributed by atoms with Gasteiger partial charge in [0.05, 0.1) is 16.7 Å². The summed E-state index contributed by atoms with van der Waals surface area (Å²) in [6.45, 7) is 0.844. The van der Waals surface area contributed by atoms with Gasteiger partial charge < -0.3 is 25.3 Å². The molecule has 2 bridgehead atoms. The number of phenolic OH excluding ortho intramolecular Hbond substituents is 1. The van der Waals surface area contributed by atoms with Gasteiger partial charge in [-0.05, 0) is 42.6 Å². The van der Waals surface area contributed by atoms with Crippen LogP contribution in [0.5, 0.6) is 11.5 Å². The van der Waals surface area contributed by atoms with E-state index in [1.165, 1.54) is 5.56 Å². The van der Waals surface area contributed by atoms with Crippen molar-refractivity contribution in [3.05, 3.63) is 58.8 Å². The van der Waals surface area contributed by atoms with Gasteiger partial charge in [0.2, 0.25) is 0 Å². The molecule has 4 atom stereocenters. The van der Waals surface area contributed by atoms with Crippen molar-refractivity contribution in [2.45, 2.75) is 42.4 Å². The van der Waals surface area contributed by atoms with Gasteiger partial charge in [-0.2, -0.15) is 0 Å². The normalized spacial score (nSPS) is 33.6. The van der Waals surface area contributed by atoms with Crippen molar-refractivity contribution in [2.24, 2.45) is 0 Å². The fourth-order valence-corrected chi connectivity index (χ4v) is 6.53. The smallest absolute Gasteiger partial charge is 0.166 e. The number of H-pyrrole nitrogens is 1. The fraction of sp³-hybridized carbons (Fsp3) is 0.364. The van der Waals surface area contributed by atoms with E-state index in [0.717, 1.165) is 47.1 Å². The van der Waals surface area contributed by atoms with E-state index in [2.05, 4.69) is 22.4 Å². The van der Waals surface area contributed by atoms with Gasteiger partial charge in [-0.1, -0.05) is 24.3 Å². The highest BCUT2D eigenvalue weighted by atomic mass is 35.5.